The molecule has 5 heteroatoms. The Balaban J connectivity index is 3.02. The molecule has 0 aliphatic rings. The smallest absolute Gasteiger partial charge is 0.245 e. The SMILES string of the molecule is CCC(C)n1ncn(SC)c1=O. The van der Waals surface area contributed by atoms with Crippen molar-refractivity contribution in [2.45, 2.75) is 26.3 Å². The number of hydrogen-bond acceptors (Lipinski definition) is 3. The van der Waals surface area contributed by atoms with E-state index in [2.05, 4.69) is 5.10 Å². The molecule has 1 rings (SSSR count). The molecule has 0 radical (unpaired) electrons. The number of aromatic nitrogens is 3. The third-order valence-electron chi connectivity index (χ3n) is 1.87. The van der Waals surface area contributed by atoms with Crippen LogP contribution < -0.4 is 5.69 Å². The van der Waals surface area contributed by atoms with E-state index in [1.54, 1.807) is 6.33 Å². The van der Waals surface area contributed by atoms with Crippen molar-refractivity contribution in [2.24, 2.45) is 0 Å². The lowest BCUT2D eigenvalue weighted by Crippen LogP contribution is -2.24. The summed E-state index contributed by atoms with van der Waals surface area (Å²) in [5.74, 6) is 0. The molecule has 0 aliphatic carbocycles. The fourth-order valence-corrected chi connectivity index (χ4v) is 1.28. The van der Waals surface area contributed by atoms with Crippen LogP contribution in [-0.2, 0) is 0 Å². The fourth-order valence-electron chi connectivity index (χ4n) is 0.903. The summed E-state index contributed by atoms with van der Waals surface area (Å²) in [5, 5.41) is 4.00. The summed E-state index contributed by atoms with van der Waals surface area (Å²) < 4.78 is 3.03. The summed E-state index contributed by atoms with van der Waals surface area (Å²) in [6, 6.07) is 0.186. The molecule has 0 N–H and O–H groups in total. The van der Waals surface area contributed by atoms with Gasteiger partial charge in [0.15, 0.2) is 0 Å². The van der Waals surface area contributed by atoms with E-state index in [1.807, 2.05) is 20.1 Å². The summed E-state index contributed by atoms with van der Waals surface area (Å²) in [4.78, 5) is 11.4. The second kappa shape index (κ2) is 3.80. The number of rotatable bonds is 3. The first-order valence-electron chi connectivity index (χ1n) is 3.91. The molecule has 68 valence electrons. The molecule has 0 amide bonds. The molecule has 0 saturated heterocycles. The molecule has 1 aromatic heterocycles. The van der Waals surface area contributed by atoms with Crippen molar-refractivity contribution in [3.8, 4) is 0 Å². The molecule has 1 unspecified atom stereocenters. The third-order valence-corrected chi connectivity index (χ3v) is 2.51. The highest BCUT2D eigenvalue weighted by Crippen LogP contribution is 2.05. The van der Waals surface area contributed by atoms with Gasteiger partial charge in [0.1, 0.15) is 6.33 Å². The maximum Gasteiger partial charge on any atom is 0.356 e. The molecule has 0 spiro atoms. The summed E-state index contributed by atoms with van der Waals surface area (Å²) >= 11 is 1.36. The quantitative estimate of drug-likeness (QED) is 0.712. The summed E-state index contributed by atoms with van der Waals surface area (Å²) in [5.41, 5.74) is -0.0446. The Kier molecular flexibility index (Phi) is 2.97. The predicted molar refractivity (Wildman–Crippen MR) is 50.4 cm³/mol. The molecule has 1 atom stereocenters. The standard InChI is InChI=1S/C7H13N3OS/c1-4-6(2)10-7(11)9(12-3)5-8-10/h5-6H,4H2,1-3H3. The highest BCUT2D eigenvalue weighted by Gasteiger charge is 2.08. The van der Waals surface area contributed by atoms with Gasteiger partial charge in [0.25, 0.3) is 0 Å². The van der Waals surface area contributed by atoms with Gasteiger partial charge < -0.3 is 0 Å². The van der Waals surface area contributed by atoms with Gasteiger partial charge in [0, 0.05) is 6.26 Å². The Morgan fingerprint density at radius 2 is 2.42 bits per heavy atom. The molecule has 0 fully saturated rings. The summed E-state index contributed by atoms with van der Waals surface area (Å²) in [6.07, 6.45) is 4.33. The van der Waals surface area contributed by atoms with Crippen molar-refractivity contribution in [2.75, 3.05) is 6.26 Å². The molecule has 4 nitrogen and oxygen atoms in total. The van der Waals surface area contributed by atoms with Crippen LogP contribution in [0, 0.1) is 0 Å². The van der Waals surface area contributed by atoms with E-state index in [0.29, 0.717) is 0 Å². The first-order chi connectivity index (χ1) is 5.70. The van der Waals surface area contributed by atoms with Crippen LogP contribution in [0.2, 0.25) is 0 Å². The predicted octanol–water partition coefficient (Wildman–Crippen LogP) is 1.14. The minimum absolute atomic E-state index is 0.0446. The van der Waals surface area contributed by atoms with Crippen LogP contribution in [0.25, 0.3) is 0 Å². The van der Waals surface area contributed by atoms with Gasteiger partial charge >= 0.3 is 5.69 Å². The zero-order chi connectivity index (χ0) is 9.14. The lowest BCUT2D eigenvalue weighted by molar-refractivity contribution is 0.462. The zero-order valence-corrected chi connectivity index (χ0v) is 8.34. The minimum atomic E-state index is -0.0446. The normalized spacial score (nSPS) is 13.2. The Labute approximate surface area is 75.7 Å². The van der Waals surface area contributed by atoms with Gasteiger partial charge in [-0.2, -0.15) is 5.10 Å². The Morgan fingerprint density at radius 1 is 1.75 bits per heavy atom. The van der Waals surface area contributed by atoms with Crippen LogP contribution in [-0.4, -0.2) is 20.0 Å². The average molecular weight is 187 g/mol. The van der Waals surface area contributed by atoms with Crippen LogP contribution in [0.3, 0.4) is 0 Å². The molecule has 0 aliphatic heterocycles. The largest absolute Gasteiger partial charge is 0.356 e. The lowest BCUT2D eigenvalue weighted by Gasteiger charge is -2.05. The maximum absolute atomic E-state index is 11.4. The fraction of sp³-hybridized carbons (Fsp3) is 0.714. The van der Waals surface area contributed by atoms with Crippen LogP contribution in [0.1, 0.15) is 26.3 Å². The van der Waals surface area contributed by atoms with E-state index in [4.69, 9.17) is 0 Å². The van der Waals surface area contributed by atoms with Gasteiger partial charge in [-0.05, 0) is 25.3 Å². The summed E-state index contributed by atoms with van der Waals surface area (Å²) in [6.45, 7) is 4.02. The van der Waals surface area contributed by atoms with Gasteiger partial charge in [-0.15, -0.1) is 0 Å². The van der Waals surface area contributed by atoms with Crippen LogP contribution in [0.5, 0.6) is 0 Å². The van der Waals surface area contributed by atoms with Crippen molar-refractivity contribution in [1.29, 1.82) is 0 Å². The first-order valence-corrected chi connectivity index (χ1v) is 5.09. The Hall–Kier alpha value is -0.710. The van der Waals surface area contributed by atoms with E-state index < -0.39 is 0 Å². The van der Waals surface area contributed by atoms with Crippen molar-refractivity contribution < 1.29 is 0 Å². The van der Waals surface area contributed by atoms with Gasteiger partial charge in [-0.1, -0.05) is 6.92 Å². The van der Waals surface area contributed by atoms with Crippen molar-refractivity contribution in [3.63, 3.8) is 0 Å². The van der Waals surface area contributed by atoms with Crippen molar-refractivity contribution >= 4 is 11.9 Å². The Morgan fingerprint density at radius 3 is 2.83 bits per heavy atom. The highest BCUT2D eigenvalue weighted by molar-refractivity contribution is 7.97. The lowest BCUT2D eigenvalue weighted by atomic mass is 10.3. The van der Waals surface area contributed by atoms with Crippen LogP contribution >= 0.6 is 11.9 Å². The monoisotopic (exact) mass is 187 g/mol. The second-order valence-electron chi connectivity index (χ2n) is 2.62. The molecule has 0 bridgehead atoms. The first kappa shape index (κ1) is 9.38. The second-order valence-corrected chi connectivity index (χ2v) is 3.38. The molecule has 1 aromatic rings. The molecule has 0 aromatic carbocycles. The molecule has 0 saturated carbocycles. The maximum atomic E-state index is 11.4. The van der Waals surface area contributed by atoms with Gasteiger partial charge in [0.05, 0.1) is 6.04 Å². The van der Waals surface area contributed by atoms with Gasteiger partial charge in [-0.25, -0.2) is 13.4 Å². The number of hydrogen-bond donors (Lipinski definition) is 0. The highest BCUT2D eigenvalue weighted by atomic mass is 32.2. The van der Waals surface area contributed by atoms with Crippen molar-refractivity contribution in [3.05, 3.63) is 16.8 Å². The van der Waals surface area contributed by atoms with E-state index in [0.717, 1.165) is 6.42 Å². The van der Waals surface area contributed by atoms with Crippen LogP contribution in [0.15, 0.2) is 11.1 Å². The molecular weight excluding hydrogens is 174 g/mol. The van der Waals surface area contributed by atoms with E-state index in [9.17, 15) is 4.79 Å². The van der Waals surface area contributed by atoms with E-state index in [-0.39, 0.29) is 11.7 Å². The Bertz CT molecular complexity index is 304. The van der Waals surface area contributed by atoms with Gasteiger partial charge in [0.2, 0.25) is 0 Å². The summed E-state index contributed by atoms with van der Waals surface area (Å²) in [7, 11) is 0. The van der Waals surface area contributed by atoms with Crippen LogP contribution in [0.4, 0.5) is 0 Å². The number of nitrogens with zero attached hydrogens (tertiary/aromatic N) is 3. The molecular formula is C7H13N3OS. The van der Waals surface area contributed by atoms with Crippen molar-refractivity contribution in [1.82, 2.24) is 13.8 Å². The zero-order valence-electron chi connectivity index (χ0n) is 7.52. The minimum Gasteiger partial charge on any atom is -0.245 e. The average Bonchev–Trinajstić information content (AvgIpc) is 2.45. The van der Waals surface area contributed by atoms with E-state index >= 15 is 0 Å². The van der Waals surface area contributed by atoms with E-state index in [1.165, 1.54) is 20.6 Å². The molecule has 12 heavy (non-hydrogen) atoms. The van der Waals surface area contributed by atoms with Gasteiger partial charge in [-0.3, -0.25) is 0 Å². The topological polar surface area (TPSA) is 39.8 Å². The molecule has 1 heterocycles. The third kappa shape index (κ3) is 1.55.